The van der Waals surface area contributed by atoms with E-state index < -0.39 is 0 Å². The van der Waals surface area contributed by atoms with E-state index in [-0.39, 0.29) is 11.7 Å². The zero-order chi connectivity index (χ0) is 21.4. The van der Waals surface area contributed by atoms with Crippen molar-refractivity contribution in [1.82, 2.24) is 4.98 Å². The van der Waals surface area contributed by atoms with Gasteiger partial charge in [0.15, 0.2) is 0 Å². The van der Waals surface area contributed by atoms with Gasteiger partial charge in [0.25, 0.3) is 5.91 Å². The molecular formula is C25H19ClFN3O. The standard InChI is InChI=1S/C25H19ClFN3O/c26-17-4-7-19(8-5-17)29-25(31)21-3-1-2-16-15-30(13-11-20(16)21)24-10-12-28-23-9-6-18(27)14-22(23)24/h1-10,12,14H,11,13,15H2,(H,29,31). The highest BCUT2D eigenvalue weighted by molar-refractivity contribution is 6.30. The van der Waals surface area contributed by atoms with Gasteiger partial charge in [0, 0.05) is 46.6 Å². The van der Waals surface area contributed by atoms with Crippen LogP contribution in [0.2, 0.25) is 5.02 Å². The molecule has 0 fully saturated rings. The van der Waals surface area contributed by atoms with Crippen LogP contribution in [0.5, 0.6) is 0 Å². The van der Waals surface area contributed by atoms with Crippen LogP contribution < -0.4 is 10.2 Å². The number of aromatic nitrogens is 1. The highest BCUT2D eigenvalue weighted by Crippen LogP contribution is 2.31. The number of rotatable bonds is 3. The van der Waals surface area contributed by atoms with Crippen molar-refractivity contribution >= 4 is 39.8 Å². The first kappa shape index (κ1) is 19.5. The molecule has 0 unspecified atom stereocenters. The first-order valence-electron chi connectivity index (χ1n) is 10.1. The Balaban J connectivity index is 1.44. The predicted octanol–water partition coefficient (Wildman–Crippen LogP) is 5.84. The van der Waals surface area contributed by atoms with E-state index in [9.17, 15) is 9.18 Å². The first-order chi connectivity index (χ1) is 15.1. The molecule has 1 amide bonds. The smallest absolute Gasteiger partial charge is 0.255 e. The van der Waals surface area contributed by atoms with E-state index in [1.807, 2.05) is 24.3 Å². The summed E-state index contributed by atoms with van der Waals surface area (Å²) in [6.07, 6.45) is 2.47. The largest absolute Gasteiger partial charge is 0.366 e. The highest BCUT2D eigenvalue weighted by Gasteiger charge is 2.23. The molecule has 6 heteroatoms. The highest BCUT2D eigenvalue weighted by atomic mass is 35.5. The van der Waals surface area contributed by atoms with E-state index >= 15 is 0 Å². The van der Waals surface area contributed by atoms with Crippen LogP contribution in [-0.2, 0) is 13.0 Å². The molecule has 1 aliphatic rings. The Bertz CT molecular complexity index is 1290. The molecule has 1 aromatic heterocycles. The van der Waals surface area contributed by atoms with Crippen LogP contribution in [0.4, 0.5) is 15.8 Å². The number of hydrogen-bond acceptors (Lipinski definition) is 3. The van der Waals surface area contributed by atoms with E-state index in [0.29, 0.717) is 22.8 Å². The van der Waals surface area contributed by atoms with Crippen molar-refractivity contribution < 1.29 is 9.18 Å². The molecular weight excluding hydrogens is 413 g/mol. The van der Waals surface area contributed by atoms with Gasteiger partial charge in [-0.05, 0) is 72.1 Å². The van der Waals surface area contributed by atoms with Crippen LogP contribution in [0.1, 0.15) is 21.5 Å². The maximum absolute atomic E-state index is 13.9. The quantitative estimate of drug-likeness (QED) is 0.443. The fourth-order valence-electron chi connectivity index (χ4n) is 4.14. The minimum absolute atomic E-state index is 0.135. The summed E-state index contributed by atoms with van der Waals surface area (Å²) in [7, 11) is 0. The van der Waals surface area contributed by atoms with Gasteiger partial charge in [0.1, 0.15) is 5.82 Å². The molecule has 1 N–H and O–H groups in total. The number of anilines is 2. The maximum atomic E-state index is 13.9. The number of carbonyl (C=O) groups is 1. The van der Waals surface area contributed by atoms with Crippen molar-refractivity contribution in [3.8, 4) is 0 Å². The Morgan fingerprint density at radius 3 is 2.74 bits per heavy atom. The van der Waals surface area contributed by atoms with E-state index in [2.05, 4.69) is 15.2 Å². The molecule has 0 radical (unpaired) electrons. The number of benzene rings is 3. The lowest BCUT2D eigenvalue weighted by Crippen LogP contribution is -2.32. The van der Waals surface area contributed by atoms with Crippen LogP contribution >= 0.6 is 11.6 Å². The summed E-state index contributed by atoms with van der Waals surface area (Å²) < 4.78 is 13.9. The molecule has 0 aliphatic carbocycles. The normalized spacial score (nSPS) is 13.2. The van der Waals surface area contributed by atoms with Crippen LogP contribution in [0.25, 0.3) is 10.9 Å². The van der Waals surface area contributed by atoms with Gasteiger partial charge >= 0.3 is 0 Å². The molecule has 4 aromatic rings. The summed E-state index contributed by atoms with van der Waals surface area (Å²) in [5.41, 5.74) is 5.24. The monoisotopic (exact) mass is 431 g/mol. The fraction of sp³-hybridized carbons (Fsp3) is 0.120. The van der Waals surface area contributed by atoms with Gasteiger partial charge in [-0.2, -0.15) is 0 Å². The first-order valence-corrected chi connectivity index (χ1v) is 10.4. The summed E-state index contributed by atoms with van der Waals surface area (Å²) in [5.74, 6) is -0.413. The van der Waals surface area contributed by atoms with Crippen LogP contribution in [0.3, 0.4) is 0 Å². The Kier molecular flexibility index (Phi) is 5.04. The lowest BCUT2D eigenvalue weighted by atomic mass is 9.93. The zero-order valence-electron chi connectivity index (χ0n) is 16.6. The average Bonchev–Trinajstić information content (AvgIpc) is 2.79. The fourth-order valence-corrected chi connectivity index (χ4v) is 4.27. The number of halogens is 2. The van der Waals surface area contributed by atoms with Crippen molar-refractivity contribution in [1.29, 1.82) is 0 Å². The summed E-state index contributed by atoms with van der Waals surface area (Å²) in [5, 5.41) is 4.37. The second kappa shape index (κ2) is 8.00. The van der Waals surface area contributed by atoms with Crippen LogP contribution in [-0.4, -0.2) is 17.4 Å². The van der Waals surface area contributed by atoms with Gasteiger partial charge in [-0.15, -0.1) is 0 Å². The maximum Gasteiger partial charge on any atom is 0.255 e. The molecule has 1 aliphatic heterocycles. The van der Waals surface area contributed by atoms with Crippen molar-refractivity contribution in [2.75, 3.05) is 16.8 Å². The van der Waals surface area contributed by atoms with E-state index in [4.69, 9.17) is 11.6 Å². The second-order valence-corrected chi connectivity index (χ2v) is 8.00. The number of nitrogens with one attached hydrogen (secondary N) is 1. The second-order valence-electron chi connectivity index (χ2n) is 7.57. The molecule has 3 aromatic carbocycles. The molecule has 0 bridgehead atoms. The SMILES string of the molecule is O=C(Nc1ccc(Cl)cc1)c1cccc2c1CCN(c1ccnc3ccc(F)cc13)C2. The third kappa shape index (κ3) is 3.84. The van der Waals surface area contributed by atoms with E-state index in [1.165, 1.54) is 12.1 Å². The lowest BCUT2D eigenvalue weighted by Gasteiger charge is -2.32. The molecule has 154 valence electrons. The van der Waals surface area contributed by atoms with Gasteiger partial charge in [0.2, 0.25) is 0 Å². The Hall–Kier alpha value is -3.44. The Morgan fingerprint density at radius 2 is 1.90 bits per heavy atom. The minimum Gasteiger partial charge on any atom is -0.366 e. The molecule has 0 spiro atoms. The number of pyridine rings is 1. The number of nitrogens with zero attached hydrogens (tertiary/aromatic N) is 2. The topological polar surface area (TPSA) is 45.2 Å². The molecule has 31 heavy (non-hydrogen) atoms. The summed E-state index contributed by atoms with van der Waals surface area (Å²) in [6.45, 7) is 1.38. The van der Waals surface area contributed by atoms with Crippen LogP contribution in [0.15, 0.2) is 72.9 Å². The van der Waals surface area contributed by atoms with Crippen molar-refractivity contribution in [3.05, 3.63) is 100 Å². The number of fused-ring (bicyclic) bond motifs is 2. The molecule has 0 saturated carbocycles. The van der Waals surface area contributed by atoms with Crippen molar-refractivity contribution in [2.45, 2.75) is 13.0 Å². The minimum atomic E-state index is -0.277. The number of hydrogen-bond donors (Lipinski definition) is 1. The van der Waals surface area contributed by atoms with Gasteiger partial charge in [0.05, 0.1) is 5.52 Å². The Morgan fingerprint density at radius 1 is 1.06 bits per heavy atom. The van der Waals surface area contributed by atoms with Gasteiger partial charge in [-0.1, -0.05) is 23.7 Å². The lowest BCUT2D eigenvalue weighted by molar-refractivity contribution is 0.102. The molecule has 5 rings (SSSR count). The third-order valence-corrected chi connectivity index (χ3v) is 5.89. The van der Waals surface area contributed by atoms with Gasteiger partial charge < -0.3 is 10.2 Å². The van der Waals surface area contributed by atoms with Crippen molar-refractivity contribution in [2.24, 2.45) is 0 Å². The molecule has 2 heterocycles. The molecule has 0 atom stereocenters. The molecule has 4 nitrogen and oxygen atoms in total. The third-order valence-electron chi connectivity index (χ3n) is 5.63. The summed E-state index contributed by atoms with van der Waals surface area (Å²) in [4.78, 5) is 19.5. The molecule has 0 saturated heterocycles. The Labute approximate surface area is 184 Å². The van der Waals surface area contributed by atoms with Gasteiger partial charge in [-0.3, -0.25) is 9.78 Å². The van der Waals surface area contributed by atoms with Gasteiger partial charge in [-0.25, -0.2) is 4.39 Å². The van der Waals surface area contributed by atoms with Crippen molar-refractivity contribution in [3.63, 3.8) is 0 Å². The van der Waals surface area contributed by atoms with Crippen LogP contribution in [0, 0.1) is 5.82 Å². The van der Waals surface area contributed by atoms with E-state index in [1.54, 1.807) is 36.5 Å². The predicted molar refractivity (Wildman–Crippen MR) is 122 cm³/mol. The zero-order valence-corrected chi connectivity index (χ0v) is 17.4. The summed E-state index contributed by atoms with van der Waals surface area (Å²) in [6, 6.07) is 19.4. The van der Waals surface area contributed by atoms with E-state index in [0.717, 1.165) is 40.7 Å². The number of carbonyl (C=O) groups excluding carboxylic acids is 1. The summed E-state index contributed by atoms with van der Waals surface area (Å²) >= 11 is 5.93. The number of amides is 1. The average molecular weight is 432 g/mol.